The zero-order valence-corrected chi connectivity index (χ0v) is 12.6. The second-order valence-electron chi connectivity index (χ2n) is 4.85. The Bertz CT molecular complexity index is 512. The van der Waals surface area contributed by atoms with Crippen LogP contribution in [0.1, 0.15) is 6.92 Å². The van der Waals surface area contributed by atoms with E-state index in [1.54, 1.807) is 12.1 Å². The van der Waals surface area contributed by atoms with E-state index in [4.69, 9.17) is 0 Å². The first-order valence-corrected chi connectivity index (χ1v) is 6.56. The van der Waals surface area contributed by atoms with Gasteiger partial charge in [-0.15, -0.1) is 12.4 Å². The van der Waals surface area contributed by atoms with Crippen molar-refractivity contribution in [3.8, 4) is 0 Å². The molecule has 7 nitrogen and oxygen atoms in total. The van der Waals surface area contributed by atoms with Gasteiger partial charge in [0, 0.05) is 31.7 Å². The van der Waals surface area contributed by atoms with Gasteiger partial charge in [-0.1, -0.05) is 12.1 Å². The van der Waals surface area contributed by atoms with Crippen LogP contribution in [0.3, 0.4) is 0 Å². The molecule has 1 aliphatic heterocycles. The molecular weight excluding hydrogens is 296 g/mol. The average molecular weight is 315 g/mol. The van der Waals surface area contributed by atoms with Gasteiger partial charge in [-0.2, -0.15) is 0 Å². The Balaban J connectivity index is 0.00000220. The van der Waals surface area contributed by atoms with Crippen LogP contribution in [-0.2, 0) is 4.79 Å². The van der Waals surface area contributed by atoms with Gasteiger partial charge in [-0.05, 0) is 13.0 Å². The number of halogens is 1. The summed E-state index contributed by atoms with van der Waals surface area (Å²) < 4.78 is 0. The molecule has 1 aromatic carbocycles. The summed E-state index contributed by atoms with van der Waals surface area (Å²) >= 11 is 0. The van der Waals surface area contributed by atoms with Gasteiger partial charge < -0.3 is 10.6 Å². The number of anilines is 1. The average Bonchev–Trinajstić information content (AvgIpc) is 2.41. The first-order valence-electron chi connectivity index (χ1n) is 6.56. The molecule has 1 aliphatic rings. The lowest BCUT2D eigenvalue weighted by Crippen LogP contribution is -2.52. The maximum absolute atomic E-state index is 12.0. The van der Waals surface area contributed by atoms with Crippen LogP contribution in [0.4, 0.5) is 11.4 Å². The molecule has 0 radical (unpaired) electrons. The normalized spacial score (nSPS) is 18.6. The number of nitrogens with one attached hydrogen (secondary N) is 2. The first kappa shape index (κ1) is 17.4. The highest BCUT2D eigenvalue weighted by molar-refractivity contribution is 5.94. The molecule has 0 saturated carbocycles. The number of carbonyl (C=O) groups is 1. The molecule has 116 valence electrons. The molecular formula is C13H19ClN4O3. The van der Waals surface area contributed by atoms with Gasteiger partial charge in [0.2, 0.25) is 5.91 Å². The van der Waals surface area contributed by atoms with E-state index >= 15 is 0 Å². The fraction of sp³-hybridized carbons (Fsp3) is 0.462. The molecule has 1 saturated heterocycles. The van der Waals surface area contributed by atoms with Crippen molar-refractivity contribution >= 4 is 29.7 Å². The largest absolute Gasteiger partial charge is 0.319 e. The number of nitro groups is 1. The summed E-state index contributed by atoms with van der Waals surface area (Å²) in [4.78, 5) is 24.4. The first-order chi connectivity index (χ1) is 9.58. The van der Waals surface area contributed by atoms with Crippen molar-refractivity contribution in [1.82, 2.24) is 10.2 Å². The van der Waals surface area contributed by atoms with E-state index in [1.807, 2.05) is 6.92 Å². The van der Waals surface area contributed by atoms with Crippen LogP contribution in [0.2, 0.25) is 0 Å². The van der Waals surface area contributed by atoms with Crippen molar-refractivity contribution in [3.63, 3.8) is 0 Å². The highest BCUT2D eigenvalue weighted by atomic mass is 35.5. The molecule has 1 heterocycles. The highest BCUT2D eigenvalue weighted by Crippen LogP contribution is 2.23. The summed E-state index contributed by atoms with van der Waals surface area (Å²) in [5.74, 6) is -0.229. The van der Waals surface area contributed by atoms with Crippen molar-refractivity contribution in [1.29, 1.82) is 0 Å². The highest BCUT2D eigenvalue weighted by Gasteiger charge is 2.21. The molecule has 0 aliphatic carbocycles. The SMILES string of the molecule is CC1CNCCN1CC(=O)Nc1ccccc1[N+](=O)[O-].Cl. The van der Waals surface area contributed by atoms with Crippen LogP contribution < -0.4 is 10.6 Å². The Labute approximate surface area is 129 Å². The van der Waals surface area contributed by atoms with Crippen LogP contribution in [0.25, 0.3) is 0 Å². The quantitative estimate of drug-likeness (QED) is 0.645. The summed E-state index contributed by atoms with van der Waals surface area (Å²) in [6.07, 6.45) is 0. The molecule has 0 aromatic heterocycles. The van der Waals surface area contributed by atoms with E-state index < -0.39 is 4.92 Å². The Hall–Kier alpha value is -1.70. The zero-order chi connectivity index (χ0) is 14.5. The van der Waals surface area contributed by atoms with Crippen molar-refractivity contribution in [2.24, 2.45) is 0 Å². The van der Waals surface area contributed by atoms with E-state index in [1.165, 1.54) is 12.1 Å². The zero-order valence-electron chi connectivity index (χ0n) is 11.7. The summed E-state index contributed by atoms with van der Waals surface area (Å²) in [5.41, 5.74) is 0.152. The third-order valence-electron chi connectivity index (χ3n) is 3.36. The number of amides is 1. The van der Waals surface area contributed by atoms with Gasteiger partial charge in [0.1, 0.15) is 5.69 Å². The summed E-state index contributed by atoms with van der Waals surface area (Å²) in [5, 5.41) is 16.7. The number of rotatable bonds is 4. The van der Waals surface area contributed by atoms with Crippen LogP contribution >= 0.6 is 12.4 Å². The second kappa shape index (κ2) is 7.92. The molecule has 0 bridgehead atoms. The van der Waals surface area contributed by atoms with E-state index in [-0.39, 0.29) is 42.3 Å². The third kappa shape index (κ3) is 4.66. The minimum Gasteiger partial charge on any atom is -0.319 e. The second-order valence-corrected chi connectivity index (χ2v) is 4.85. The number of para-hydroxylation sites is 2. The molecule has 2 rings (SSSR count). The van der Waals surface area contributed by atoms with Gasteiger partial charge >= 0.3 is 0 Å². The topological polar surface area (TPSA) is 87.5 Å². The monoisotopic (exact) mass is 314 g/mol. The summed E-state index contributed by atoms with van der Waals surface area (Å²) in [6.45, 7) is 4.78. The minimum atomic E-state index is -0.497. The maximum Gasteiger partial charge on any atom is 0.292 e. The number of benzene rings is 1. The number of nitro benzene ring substituents is 1. The molecule has 1 unspecified atom stereocenters. The van der Waals surface area contributed by atoms with Gasteiger partial charge in [0.05, 0.1) is 11.5 Å². The molecule has 0 spiro atoms. The Kier molecular flexibility index (Phi) is 6.54. The van der Waals surface area contributed by atoms with Gasteiger partial charge in [-0.25, -0.2) is 0 Å². The Morgan fingerprint density at radius 1 is 1.52 bits per heavy atom. The van der Waals surface area contributed by atoms with Crippen molar-refractivity contribution < 1.29 is 9.72 Å². The van der Waals surface area contributed by atoms with Crippen LogP contribution in [-0.4, -0.2) is 48.0 Å². The lowest BCUT2D eigenvalue weighted by atomic mass is 10.2. The number of carbonyl (C=O) groups excluding carboxylic acids is 1. The maximum atomic E-state index is 12.0. The molecule has 1 atom stereocenters. The molecule has 1 fully saturated rings. The van der Waals surface area contributed by atoms with E-state index in [0.29, 0.717) is 0 Å². The number of piperazine rings is 1. The fourth-order valence-corrected chi connectivity index (χ4v) is 2.23. The molecule has 8 heteroatoms. The van der Waals surface area contributed by atoms with Crippen LogP contribution in [0.5, 0.6) is 0 Å². The minimum absolute atomic E-state index is 0. The predicted molar refractivity (Wildman–Crippen MR) is 82.9 cm³/mol. The number of nitrogens with zero attached hydrogens (tertiary/aromatic N) is 2. The molecule has 1 aromatic rings. The molecule has 21 heavy (non-hydrogen) atoms. The van der Waals surface area contributed by atoms with Gasteiger partial charge in [0.25, 0.3) is 5.69 Å². The van der Waals surface area contributed by atoms with Crippen LogP contribution in [0.15, 0.2) is 24.3 Å². The summed E-state index contributed by atoms with van der Waals surface area (Å²) in [6, 6.07) is 6.43. The number of hydrogen-bond acceptors (Lipinski definition) is 5. The smallest absolute Gasteiger partial charge is 0.292 e. The molecule has 1 amide bonds. The lowest BCUT2D eigenvalue weighted by molar-refractivity contribution is -0.383. The lowest BCUT2D eigenvalue weighted by Gasteiger charge is -2.33. The van der Waals surface area contributed by atoms with Gasteiger partial charge in [0.15, 0.2) is 0 Å². The van der Waals surface area contributed by atoms with Crippen molar-refractivity contribution in [3.05, 3.63) is 34.4 Å². The predicted octanol–water partition coefficient (Wildman–Crippen LogP) is 1.25. The summed E-state index contributed by atoms with van der Waals surface area (Å²) in [7, 11) is 0. The van der Waals surface area contributed by atoms with E-state index in [9.17, 15) is 14.9 Å². The third-order valence-corrected chi connectivity index (χ3v) is 3.36. The van der Waals surface area contributed by atoms with Crippen LogP contribution in [0, 0.1) is 10.1 Å². The van der Waals surface area contributed by atoms with Gasteiger partial charge in [-0.3, -0.25) is 19.8 Å². The Morgan fingerprint density at radius 2 is 2.24 bits per heavy atom. The van der Waals surface area contributed by atoms with Crippen molar-refractivity contribution in [2.45, 2.75) is 13.0 Å². The van der Waals surface area contributed by atoms with E-state index in [2.05, 4.69) is 15.5 Å². The van der Waals surface area contributed by atoms with Crippen molar-refractivity contribution in [2.75, 3.05) is 31.5 Å². The Morgan fingerprint density at radius 3 is 2.90 bits per heavy atom. The standard InChI is InChI=1S/C13H18N4O3.ClH/c1-10-8-14-6-7-16(10)9-13(18)15-11-4-2-3-5-12(11)17(19)20;/h2-5,10,14H,6-9H2,1H3,(H,15,18);1H. The van der Waals surface area contributed by atoms with E-state index in [0.717, 1.165) is 19.6 Å². The number of hydrogen-bond donors (Lipinski definition) is 2. The molecule has 2 N–H and O–H groups in total. The fourth-order valence-electron chi connectivity index (χ4n) is 2.23.